The lowest BCUT2D eigenvalue weighted by Gasteiger charge is -2.25. The number of hydrogen-bond donors (Lipinski definition) is 0. The summed E-state index contributed by atoms with van der Waals surface area (Å²) in [6, 6.07) is 3.06. The molecule has 1 heterocycles. The Hall–Kier alpha value is -1.62. The Balaban J connectivity index is 3.23. The van der Waals surface area contributed by atoms with Crippen molar-refractivity contribution in [2.75, 3.05) is 12.0 Å². The van der Waals surface area contributed by atoms with Gasteiger partial charge in [-0.15, -0.1) is 0 Å². The minimum absolute atomic E-state index is 0.233. The quantitative estimate of drug-likeness (QED) is 0.606. The second kappa shape index (κ2) is 5.63. The highest BCUT2D eigenvalue weighted by Crippen LogP contribution is 2.27. The Kier molecular flexibility index (Phi) is 4.45. The predicted molar refractivity (Wildman–Crippen MR) is 64.3 cm³/mol. The maximum atomic E-state index is 11.7. The Bertz CT molecular complexity index is 434. The SMILES string of the molecule is COc1ncccc1N(C(=O)C(=O)Cl)C(C)C. The standard InChI is InChI=1S/C11H13ClN2O3/c1-7(2)14(11(16)9(12)15)8-5-4-6-13-10(8)17-3/h4-7H,1-3H3. The van der Waals surface area contributed by atoms with Crippen LogP contribution in [0.25, 0.3) is 0 Å². The lowest BCUT2D eigenvalue weighted by Crippen LogP contribution is -2.40. The largest absolute Gasteiger partial charge is 0.480 e. The first-order valence-corrected chi connectivity index (χ1v) is 5.38. The van der Waals surface area contributed by atoms with E-state index in [0.717, 1.165) is 0 Å². The van der Waals surface area contributed by atoms with Gasteiger partial charge in [-0.25, -0.2) is 4.98 Å². The van der Waals surface area contributed by atoms with Crippen molar-refractivity contribution in [2.45, 2.75) is 19.9 Å². The summed E-state index contributed by atoms with van der Waals surface area (Å²) in [6.07, 6.45) is 1.54. The van der Waals surface area contributed by atoms with Crippen LogP contribution < -0.4 is 9.64 Å². The molecule has 0 bridgehead atoms. The summed E-state index contributed by atoms with van der Waals surface area (Å²) in [5.41, 5.74) is 0.420. The highest BCUT2D eigenvalue weighted by Gasteiger charge is 2.26. The van der Waals surface area contributed by atoms with E-state index >= 15 is 0 Å². The molecule has 0 aromatic carbocycles. The molecule has 92 valence electrons. The summed E-state index contributed by atoms with van der Waals surface area (Å²) < 4.78 is 5.05. The minimum atomic E-state index is -1.04. The summed E-state index contributed by atoms with van der Waals surface area (Å²) in [5, 5.41) is -1.04. The van der Waals surface area contributed by atoms with Crippen molar-refractivity contribution in [3.63, 3.8) is 0 Å². The van der Waals surface area contributed by atoms with Crippen LogP contribution in [0.4, 0.5) is 5.69 Å². The second-order valence-electron chi connectivity index (χ2n) is 3.57. The number of pyridine rings is 1. The maximum absolute atomic E-state index is 11.7. The zero-order valence-electron chi connectivity index (χ0n) is 9.81. The molecule has 1 aromatic rings. The average Bonchev–Trinajstić information content (AvgIpc) is 2.29. The van der Waals surface area contributed by atoms with Gasteiger partial charge >= 0.3 is 11.1 Å². The first-order valence-electron chi connectivity index (χ1n) is 5.01. The van der Waals surface area contributed by atoms with Gasteiger partial charge in [-0.3, -0.25) is 14.5 Å². The molecule has 0 spiro atoms. The lowest BCUT2D eigenvalue weighted by atomic mass is 10.2. The summed E-state index contributed by atoms with van der Waals surface area (Å²) in [6.45, 7) is 3.54. The first kappa shape index (κ1) is 13.4. The van der Waals surface area contributed by atoms with Gasteiger partial charge in [0.15, 0.2) is 0 Å². The third-order valence-electron chi connectivity index (χ3n) is 2.11. The number of ether oxygens (including phenoxy) is 1. The zero-order chi connectivity index (χ0) is 13.0. The molecule has 1 aromatic heterocycles. The number of aromatic nitrogens is 1. The van der Waals surface area contributed by atoms with Crippen molar-refractivity contribution in [3.8, 4) is 5.88 Å². The van der Waals surface area contributed by atoms with E-state index in [-0.39, 0.29) is 11.9 Å². The van der Waals surface area contributed by atoms with E-state index in [9.17, 15) is 9.59 Å². The first-order chi connectivity index (χ1) is 7.99. The molecule has 17 heavy (non-hydrogen) atoms. The van der Waals surface area contributed by atoms with Crippen LogP contribution >= 0.6 is 11.6 Å². The van der Waals surface area contributed by atoms with E-state index < -0.39 is 11.1 Å². The van der Waals surface area contributed by atoms with E-state index in [4.69, 9.17) is 16.3 Å². The van der Waals surface area contributed by atoms with Crippen LogP contribution in [0.3, 0.4) is 0 Å². The van der Waals surface area contributed by atoms with Crippen molar-refractivity contribution in [3.05, 3.63) is 18.3 Å². The van der Waals surface area contributed by atoms with E-state index in [1.807, 2.05) is 0 Å². The molecule has 0 unspecified atom stereocenters. The number of carbonyl (C=O) groups is 2. The van der Waals surface area contributed by atoms with Gasteiger partial charge in [0, 0.05) is 12.2 Å². The van der Waals surface area contributed by atoms with Gasteiger partial charge in [-0.1, -0.05) is 0 Å². The summed E-state index contributed by atoms with van der Waals surface area (Å²) in [4.78, 5) is 27.9. The van der Waals surface area contributed by atoms with Crippen LogP contribution in [0.1, 0.15) is 13.8 Å². The molecule has 1 rings (SSSR count). The Morgan fingerprint density at radius 2 is 2.12 bits per heavy atom. The molecule has 6 heteroatoms. The third kappa shape index (κ3) is 2.94. The van der Waals surface area contributed by atoms with Crippen molar-refractivity contribution >= 4 is 28.4 Å². The molecule has 0 saturated carbocycles. The van der Waals surface area contributed by atoms with E-state index in [1.165, 1.54) is 18.2 Å². The van der Waals surface area contributed by atoms with Gasteiger partial charge in [0.1, 0.15) is 5.69 Å². The molecule has 0 aliphatic carbocycles. The molecule has 0 aliphatic rings. The number of methoxy groups -OCH3 is 1. The van der Waals surface area contributed by atoms with Gasteiger partial charge in [-0.05, 0) is 37.6 Å². The normalized spacial score (nSPS) is 10.2. The van der Waals surface area contributed by atoms with Crippen LogP contribution in [-0.2, 0) is 9.59 Å². The fraction of sp³-hybridized carbons (Fsp3) is 0.364. The predicted octanol–water partition coefficient (Wildman–Crippen LogP) is 1.60. The molecule has 0 N–H and O–H groups in total. The fourth-order valence-electron chi connectivity index (χ4n) is 1.44. The Labute approximate surface area is 104 Å². The number of amides is 1. The molecule has 0 fully saturated rings. The van der Waals surface area contributed by atoms with E-state index in [2.05, 4.69) is 4.98 Å². The molecular formula is C11H13ClN2O3. The van der Waals surface area contributed by atoms with E-state index in [1.54, 1.807) is 26.0 Å². The average molecular weight is 257 g/mol. The number of halogens is 1. The summed E-state index contributed by atoms with van der Waals surface area (Å²) >= 11 is 5.22. The van der Waals surface area contributed by atoms with Crippen molar-refractivity contribution in [2.24, 2.45) is 0 Å². The maximum Gasteiger partial charge on any atom is 0.311 e. The van der Waals surface area contributed by atoms with Crippen molar-refractivity contribution in [1.82, 2.24) is 4.98 Å². The van der Waals surface area contributed by atoms with Gasteiger partial charge in [0.25, 0.3) is 0 Å². The Morgan fingerprint density at radius 1 is 1.47 bits per heavy atom. The molecular weight excluding hydrogens is 244 g/mol. The van der Waals surface area contributed by atoms with Gasteiger partial charge in [0.05, 0.1) is 7.11 Å². The number of carbonyl (C=O) groups excluding carboxylic acids is 2. The van der Waals surface area contributed by atoms with E-state index in [0.29, 0.717) is 5.69 Å². The number of hydrogen-bond acceptors (Lipinski definition) is 4. The van der Waals surface area contributed by atoms with Crippen LogP contribution in [0.5, 0.6) is 5.88 Å². The fourth-order valence-corrected chi connectivity index (χ4v) is 1.53. The number of nitrogens with zero attached hydrogens (tertiary/aromatic N) is 2. The second-order valence-corrected chi connectivity index (χ2v) is 3.92. The van der Waals surface area contributed by atoms with Crippen LogP contribution in [0.2, 0.25) is 0 Å². The third-order valence-corrected chi connectivity index (χ3v) is 2.27. The summed E-state index contributed by atoms with van der Waals surface area (Å²) in [5.74, 6) is -0.527. The lowest BCUT2D eigenvalue weighted by molar-refractivity contribution is -0.132. The highest BCUT2D eigenvalue weighted by molar-refractivity contribution is 6.82. The van der Waals surface area contributed by atoms with Gasteiger partial charge < -0.3 is 4.74 Å². The van der Waals surface area contributed by atoms with Gasteiger partial charge in [0.2, 0.25) is 5.88 Å². The van der Waals surface area contributed by atoms with Crippen LogP contribution in [-0.4, -0.2) is 29.3 Å². The van der Waals surface area contributed by atoms with Gasteiger partial charge in [-0.2, -0.15) is 0 Å². The molecule has 0 radical (unpaired) electrons. The van der Waals surface area contributed by atoms with Crippen molar-refractivity contribution in [1.29, 1.82) is 0 Å². The van der Waals surface area contributed by atoms with Crippen LogP contribution in [0.15, 0.2) is 18.3 Å². The molecule has 5 nitrogen and oxygen atoms in total. The molecule has 0 saturated heterocycles. The smallest absolute Gasteiger partial charge is 0.311 e. The molecule has 0 aliphatic heterocycles. The monoisotopic (exact) mass is 256 g/mol. The number of rotatable bonds is 4. The topological polar surface area (TPSA) is 59.5 Å². The van der Waals surface area contributed by atoms with Crippen LogP contribution in [0, 0.1) is 0 Å². The summed E-state index contributed by atoms with van der Waals surface area (Å²) in [7, 11) is 1.44. The molecule has 0 atom stereocenters. The zero-order valence-corrected chi connectivity index (χ0v) is 10.6. The number of anilines is 1. The highest BCUT2D eigenvalue weighted by atomic mass is 35.5. The molecule has 1 amide bonds. The van der Waals surface area contributed by atoms with Crippen molar-refractivity contribution < 1.29 is 14.3 Å². The Morgan fingerprint density at radius 3 is 2.59 bits per heavy atom. The minimum Gasteiger partial charge on any atom is -0.480 e.